The van der Waals surface area contributed by atoms with Crippen molar-refractivity contribution in [2.45, 2.75) is 12.0 Å². The fraction of sp³-hybridized carbons (Fsp3) is 0.292. The van der Waals surface area contributed by atoms with E-state index in [0.29, 0.717) is 17.8 Å². The highest BCUT2D eigenvalue weighted by Gasteiger charge is 2.71. The Morgan fingerprint density at radius 2 is 1.81 bits per heavy atom. The summed E-state index contributed by atoms with van der Waals surface area (Å²) in [4.78, 5) is 23.5. The number of benzene rings is 2. The maximum Gasteiger partial charge on any atom is 0.257 e. The van der Waals surface area contributed by atoms with Crippen LogP contribution >= 0.6 is 0 Å². The molecule has 0 bridgehead atoms. The smallest absolute Gasteiger partial charge is 0.257 e. The van der Waals surface area contributed by atoms with Gasteiger partial charge in [0, 0.05) is 36.9 Å². The molecule has 1 saturated heterocycles. The van der Waals surface area contributed by atoms with Crippen LogP contribution in [0.4, 0.5) is 5.95 Å². The number of β-amino-alcohol motifs (C(OH)–C–C–N with tert-alkyl or cyclic N) is 1. The van der Waals surface area contributed by atoms with Gasteiger partial charge in [-0.3, -0.25) is 4.79 Å². The molecule has 31 heavy (non-hydrogen) atoms. The summed E-state index contributed by atoms with van der Waals surface area (Å²) >= 11 is 0. The number of aromatic nitrogens is 2. The van der Waals surface area contributed by atoms with Gasteiger partial charge in [-0.25, -0.2) is 9.97 Å². The maximum atomic E-state index is 13.5. The second-order valence-electron chi connectivity index (χ2n) is 8.35. The lowest BCUT2D eigenvalue weighted by atomic mass is 9.95. The number of aliphatic hydroxyl groups excluding tert-OH is 2. The minimum Gasteiger partial charge on any atom is -0.396 e. The molecule has 0 radical (unpaired) electrons. The van der Waals surface area contributed by atoms with E-state index in [2.05, 4.69) is 9.97 Å². The summed E-state index contributed by atoms with van der Waals surface area (Å²) in [6.07, 6.45) is 0.740. The normalized spacial score (nSPS) is 26.9. The molecule has 1 amide bonds. The van der Waals surface area contributed by atoms with E-state index in [9.17, 15) is 15.0 Å². The van der Waals surface area contributed by atoms with Gasteiger partial charge in [0.1, 0.15) is 0 Å². The summed E-state index contributed by atoms with van der Waals surface area (Å²) in [5.41, 5.74) is 7.94. The Morgan fingerprint density at radius 3 is 2.48 bits per heavy atom. The lowest BCUT2D eigenvalue weighted by Gasteiger charge is -2.18. The zero-order valence-electron chi connectivity index (χ0n) is 16.9. The molecular formula is C24H24N4O3. The number of rotatable bonds is 4. The largest absolute Gasteiger partial charge is 0.396 e. The summed E-state index contributed by atoms with van der Waals surface area (Å²) in [5, 5.41) is 21.0. The van der Waals surface area contributed by atoms with Gasteiger partial charge < -0.3 is 20.8 Å². The fourth-order valence-corrected chi connectivity index (χ4v) is 5.26. The van der Waals surface area contributed by atoms with E-state index in [1.165, 1.54) is 6.20 Å². The van der Waals surface area contributed by atoms with E-state index in [0.717, 1.165) is 11.1 Å². The molecule has 1 saturated carbocycles. The monoisotopic (exact) mass is 416 g/mol. The molecule has 1 aliphatic heterocycles. The SMILES string of the molecule is Nc1ncc(C(=O)N2C[C@@H](O)[C@@]3(C2)[C@H](CO)[C@H]3c2ccccc2)c(-c2ccccc2)n1. The molecule has 7 heteroatoms. The third-order valence-electron chi connectivity index (χ3n) is 6.77. The summed E-state index contributed by atoms with van der Waals surface area (Å²) in [6.45, 7) is 0.548. The Labute approximate surface area is 180 Å². The Bertz CT molecular complexity index is 1110. The quantitative estimate of drug-likeness (QED) is 0.599. The molecule has 2 fully saturated rings. The van der Waals surface area contributed by atoms with Crippen molar-refractivity contribution in [2.24, 2.45) is 11.3 Å². The van der Waals surface area contributed by atoms with Crippen LogP contribution in [0, 0.1) is 11.3 Å². The van der Waals surface area contributed by atoms with Crippen LogP contribution in [0.1, 0.15) is 21.8 Å². The Hall–Kier alpha value is -3.29. The third-order valence-corrected chi connectivity index (χ3v) is 6.77. The van der Waals surface area contributed by atoms with Crippen LogP contribution in [0.25, 0.3) is 11.3 Å². The number of aliphatic hydroxyl groups is 2. The molecule has 7 nitrogen and oxygen atoms in total. The summed E-state index contributed by atoms with van der Waals surface area (Å²) in [6, 6.07) is 19.3. The number of likely N-dealkylation sites (tertiary alicyclic amines) is 1. The molecule has 1 aromatic heterocycles. The second kappa shape index (κ2) is 7.44. The summed E-state index contributed by atoms with van der Waals surface area (Å²) < 4.78 is 0. The first-order valence-electron chi connectivity index (χ1n) is 10.4. The zero-order valence-corrected chi connectivity index (χ0v) is 16.9. The molecule has 2 heterocycles. The van der Waals surface area contributed by atoms with Gasteiger partial charge in [0.2, 0.25) is 5.95 Å². The van der Waals surface area contributed by atoms with Crippen LogP contribution in [0.15, 0.2) is 66.9 Å². The predicted molar refractivity (Wildman–Crippen MR) is 116 cm³/mol. The molecule has 0 unspecified atom stereocenters. The van der Waals surface area contributed by atoms with Crippen LogP contribution in [0.5, 0.6) is 0 Å². The van der Waals surface area contributed by atoms with Crippen LogP contribution in [-0.4, -0.2) is 56.8 Å². The fourth-order valence-electron chi connectivity index (χ4n) is 5.26. The Balaban J connectivity index is 1.46. The van der Waals surface area contributed by atoms with E-state index >= 15 is 0 Å². The van der Waals surface area contributed by atoms with Gasteiger partial charge in [-0.1, -0.05) is 60.7 Å². The second-order valence-corrected chi connectivity index (χ2v) is 8.35. The molecule has 4 N–H and O–H groups in total. The summed E-state index contributed by atoms with van der Waals surface area (Å²) in [7, 11) is 0. The highest BCUT2D eigenvalue weighted by molar-refractivity contribution is 6.00. The highest BCUT2D eigenvalue weighted by atomic mass is 16.3. The number of nitrogens with zero attached hydrogens (tertiary/aromatic N) is 3. The van der Waals surface area contributed by atoms with Crippen molar-refractivity contribution in [2.75, 3.05) is 25.4 Å². The number of nitrogens with two attached hydrogens (primary N) is 1. The Morgan fingerprint density at radius 1 is 1.13 bits per heavy atom. The van der Waals surface area contributed by atoms with Gasteiger partial charge in [-0.15, -0.1) is 0 Å². The van der Waals surface area contributed by atoms with E-state index < -0.39 is 11.5 Å². The summed E-state index contributed by atoms with van der Waals surface area (Å²) in [5.74, 6) is -0.216. The van der Waals surface area contributed by atoms with Crippen molar-refractivity contribution >= 4 is 11.9 Å². The average molecular weight is 416 g/mol. The molecule has 1 aliphatic carbocycles. The molecule has 2 aromatic carbocycles. The third kappa shape index (κ3) is 3.08. The number of hydrogen-bond donors (Lipinski definition) is 3. The first-order valence-corrected chi connectivity index (χ1v) is 10.4. The molecule has 158 valence electrons. The van der Waals surface area contributed by atoms with Crippen LogP contribution in [0.2, 0.25) is 0 Å². The van der Waals surface area contributed by atoms with Crippen molar-refractivity contribution in [3.05, 3.63) is 78.0 Å². The number of hydrogen-bond acceptors (Lipinski definition) is 6. The van der Waals surface area contributed by atoms with E-state index in [4.69, 9.17) is 5.73 Å². The molecule has 4 atom stereocenters. The number of carbonyl (C=O) groups excluding carboxylic acids is 1. The van der Waals surface area contributed by atoms with Crippen molar-refractivity contribution in [3.8, 4) is 11.3 Å². The van der Waals surface area contributed by atoms with Gasteiger partial charge in [0.05, 0.1) is 17.4 Å². The number of amides is 1. The number of anilines is 1. The number of nitrogen functional groups attached to an aromatic ring is 1. The first kappa shape index (κ1) is 19.7. The lowest BCUT2D eigenvalue weighted by molar-refractivity contribution is 0.0764. The van der Waals surface area contributed by atoms with Gasteiger partial charge in [-0.2, -0.15) is 0 Å². The van der Waals surface area contributed by atoms with Crippen molar-refractivity contribution < 1.29 is 15.0 Å². The highest BCUT2D eigenvalue weighted by Crippen LogP contribution is 2.68. The molecule has 5 rings (SSSR count). The zero-order chi connectivity index (χ0) is 21.6. The van der Waals surface area contributed by atoms with Crippen LogP contribution < -0.4 is 5.73 Å². The maximum absolute atomic E-state index is 13.5. The van der Waals surface area contributed by atoms with Gasteiger partial charge in [0.15, 0.2) is 0 Å². The topological polar surface area (TPSA) is 113 Å². The van der Waals surface area contributed by atoms with Crippen molar-refractivity contribution in [1.82, 2.24) is 14.9 Å². The van der Waals surface area contributed by atoms with E-state index in [-0.39, 0.29) is 36.8 Å². The minimum absolute atomic E-state index is 0.0164. The molecule has 2 aliphatic rings. The van der Waals surface area contributed by atoms with Gasteiger partial charge in [-0.05, 0) is 17.4 Å². The molecular weight excluding hydrogens is 392 g/mol. The van der Waals surface area contributed by atoms with Gasteiger partial charge in [0.25, 0.3) is 5.91 Å². The average Bonchev–Trinajstić information content (AvgIpc) is 3.34. The van der Waals surface area contributed by atoms with E-state index in [1.807, 2.05) is 60.7 Å². The lowest BCUT2D eigenvalue weighted by Crippen LogP contribution is -2.30. The molecule has 1 spiro atoms. The standard InChI is InChI=1S/C24H24N4O3/c25-23-26-11-17(21(27-23)16-9-5-2-6-10-16)22(31)28-12-19(30)24(14-28)18(13-29)20(24)15-7-3-1-4-8-15/h1-11,18-20,29-30H,12-14H2,(H2,25,26,27)/t18-,19-,20-,24-/m1/s1. The van der Waals surface area contributed by atoms with Crippen LogP contribution in [0.3, 0.4) is 0 Å². The van der Waals surface area contributed by atoms with Gasteiger partial charge >= 0.3 is 0 Å². The van der Waals surface area contributed by atoms with E-state index in [1.54, 1.807) is 4.90 Å². The van der Waals surface area contributed by atoms with Crippen molar-refractivity contribution in [1.29, 1.82) is 0 Å². The Kier molecular flexibility index (Phi) is 4.72. The minimum atomic E-state index is -0.714. The van der Waals surface area contributed by atoms with Crippen LogP contribution in [-0.2, 0) is 0 Å². The predicted octanol–water partition coefficient (Wildman–Crippen LogP) is 1.93. The van der Waals surface area contributed by atoms with Crippen molar-refractivity contribution in [3.63, 3.8) is 0 Å². The molecule has 3 aromatic rings. The number of carbonyl (C=O) groups is 1. The first-order chi connectivity index (χ1) is 15.1.